The molecule has 4 N–H and O–H groups in total. The maximum atomic E-state index is 13.3. The second kappa shape index (κ2) is 12.1. The second-order valence-corrected chi connectivity index (χ2v) is 7.61. The van der Waals surface area contributed by atoms with E-state index >= 15 is 0 Å². The number of carbonyl (C=O) groups is 3. The summed E-state index contributed by atoms with van der Waals surface area (Å²) in [4.78, 5) is 38.4. The van der Waals surface area contributed by atoms with E-state index in [4.69, 9.17) is 14.2 Å². The van der Waals surface area contributed by atoms with E-state index < -0.39 is 41.6 Å². The van der Waals surface area contributed by atoms with Crippen LogP contribution in [0, 0.1) is 0 Å². The number of amides is 2. The number of esters is 1. The van der Waals surface area contributed by atoms with Crippen LogP contribution in [0.3, 0.4) is 0 Å². The largest absolute Gasteiger partial charge is 0.504 e. The van der Waals surface area contributed by atoms with Crippen LogP contribution in [0.25, 0.3) is 0 Å². The van der Waals surface area contributed by atoms with Crippen molar-refractivity contribution >= 4 is 18.0 Å². The Balaban J connectivity index is 1.84. The summed E-state index contributed by atoms with van der Waals surface area (Å²) in [5, 5.41) is 25.3. The number of nitrogens with one attached hydrogen (secondary N) is 2. The van der Waals surface area contributed by atoms with E-state index in [0.717, 1.165) is 24.8 Å². The van der Waals surface area contributed by atoms with Crippen LogP contribution in [0.15, 0.2) is 72.8 Å². The first-order valence-corrected chi connectivity index (χ1v) is 10.8. The third kappa shape index (κ3) is 6.44. The van der Waals surface area contributed by atoms with Crippen molar-refractivity contribution in [3.8, 4) is 17.2 Å². The van der Waals surface area contributed by atoms with Crippen LogP contribution in [0.5, 0.6) is 17.2 Å². The molecule has 0 aliphatic heterocycles. The fourth-order valence-corrected chi connectivity index (χ4v) is 3.45. The standard InChI is InChI=1S/C26H26N2O8/c1-34-23-19(29)13-18(14-20(23)30)22(25(32)35-2)27-24(31)21(17-11-7-4-8-12-17)28-26(33)36-15-16-9-5-3-6-10-16/h3-14,21-22,29-30H,15H2,1-2H3,(H,27,31)(H,28,33)/t21-,22+/m0/s1. The zero-order valence-corrected chi connectivity index (χ0v) is 19.6. The smallest absolute Gasteiger partial charge is 0.408 e. The SMILES string of the molecule is COC(=O)[C@H](NC(=O)[C@@H](NC(=O)OCc1ccccc1)c1ccccc1)c1cc(O)c(OC)c(O)c1. The van der Waals surface area contributed by atoms with E-state index in [0.29, 0.717) is 5.56 Å². The van der Waals surface area contributed by atoms with Gasteiger partial charge in [-0.15, -0.1) is 0 Å². The van der Waals surface area contributed by atoms with E-state index in [1.807, 2.05) is 6.07 Å². The Hall–Kier alpha value is -4.73. The molecule has 3 aromatic carbocycles. The summed E-state index contributed by atoms with van der Waals surface area (Å²) < 4.78 is 14.9. The highest BCUT2D eigenvalue weighted by Gasteiger charge is 2.31. The molecule has 0 radical (unpaired) electrons. The van der Waals surface area contributed by atoms with E-state index in [2.05, 4.69) is 10.6 Å². The van der Waals surface area contributed by atoms with Gasteiger partial charge >= 0.3 is 12.1 Å². The minimum absolute atomic E-state index is 0.00894. The molecular formula is C26H26N2O8. The predicted molar refractivity (Wildman–Crippen MR) is 128 cm³/mol. The highest BCUT2D eigenvalue weighted by atomic mass is 16.5. The quantitative estimate of drug-likeness (QED) is 0.332. The Morgan fingerprint density at radius 3 is 1.94 bits per heavy atom. The summed E-state index contributed by atoms with van der Waals surface area (Å²) in [6.45, 7) is -0.00894. The summed E-state index contributed by atoms with van der Waals surface area (Å²) in [5.41, 5.74) is 1.22. The molecule has 0 aliphatic rings. The highest BCUT2D eigenvalue weighted by Crippen LogP contribution is 2.38. The number of rotatable bonds is 9. The molecule has 0 fully saturated rings. The number of hydrogen-bond acceptors (Lipinski definition) is 8. The lowest BCUT2D eigenvalue weighted by Gasteiger charge is -2.23. The van der Waals surface area contributed by atoms with E-state index in [-0.39, 0.29) is 17.9 Å². The number of aromatic hydroxyl groups is 2. The molecule has 2 amide bonds. The summed E-state index contributed by atoms with van der Waals surface area (Å²) in [5.74, 6) is -2.72. The van der Waals surface area contributed by atoms with Crippen LogP contribution < -0.4 is 15.4 Å². The van der Waals surface area contributed by atoms with Gasteiger partial charge in [-0.3, -0.25) is 4.79 Å². The third-order valence-corrected chi connectivity index (χ3v) is 5.20. The lowest BCUT2D eigenvalue weighted by atomic mass is 10.0. The highest BCUT2D eigenvalue weighted by molar-refractivity contribution is 5.91. The fraction of sp³-hybridized carbons (Fsp3) is 0.192. The Bertz CT molecular complexity index is 1180. The second-order valence-electron chi connectivity index (χ2n) is 7.61. The lowest BCUT2D eigenvalue weighted by Crippen LogP contribution is -2.44. The van der Waals surface area contributed by atoms with Gasteiger partial charge in [-0.2, -0.15) is 0 Å². The van der Waals surface area contributed by atoms with Gasteiger partial charge in [0.1, 0.15) is 12.6 Å². The number of ether oxygens (including phenoxy) is 3. The molecular weight excluding hydrogens is 468 g/mol. The van der Waals surface area contributed by atoms with Crippen LogP contribution in [-0.4, -0.2) is 42.4 Å². The van der Waals surface area contributed by atoms with Crippen molar-refractivity contribution in [3.63, 3.8) is 0 Å². The maximum Gasteiger partial charge on any atom is 0.408 e. The van der Waals surface area contributed by atoms with Gasteiger partial charge in [0.2, 0.25) is 11.7 Å². The Kier molecular flexibility index (Phi) is 8.71. The van der Waals surface area contributed by atoms with Crippen molar-refractivity contribution in [2.75, 3.05) is 14.2 Å². The monoisotopic (exact) mass is 494 g/mol. The molecule has 0 heterocycles. The van der Waals surface area contributed by atoms with E-state index in [9.17, 15) is 24.6 Å². The zero-order valence-electron chi connectivity index (χ0n) is 19.6. The zero-order chi connectivity index (χ0) is 26.1. The van der Waals surface area contributed by atoms with E-state index in [1.54, 1.807) is 54.6 Å². The van der Waals surface area contributed by atoms with Gasteiger partial charge in [0, 0.05) is 0 Å². The average molecular weight is 495 g/mol. The number of alkyl carbamates (subject to hydrolysis) is 1. The number of benzene rings is 3. The average Bonchev–Trinajstić information content (AvgIpc) is 2.89. The molecule has 3 rings (SSSR count). The first-order valence-electron chi connectivity index (χ1n) is 10.8. The van der Waals surface area contributed by atoms with Gasteiger partial charge in [0.25, 0.3) is 0 Å². The normalized spacial score (nSPS) is 12.1. The Morgan fingerprint density at radius 2 is 1.39 bits per heavy atom. The van der Waals surface area contributed by atoms with Crippen molar-refractivity contribution in [2.45, 2.75) is 18.7 Å². The van der Waals surface area contributed by atoms with Gasteiger partial charge in [0.15, 0.2) is 17.5 Å². The predicted octanol–water partition coefficient (Wildman–Crippen LogP) is 3.10. The van der Waals surface area contributed by atoms with Crippen LogP contribution >= 0.6 is 0 Å². The van der Waals surface area contributed by atoms with Gasteiger partial charge in [0.05, 0.1) is 14.2 Å². The van der Waals surface area contributed by atoms with Gasteiger partial charge in [-0.25, -0.2) is 9.59 Å². The van der Waals surface area contributed by atoms with Gasteiger partial charge in [-0.05, 0) is 28.8 Å². The first kappa shape index (κ1) is 25.9. The summed E-state index contributed by atoms with van der Waals surface area (Å²) in [6, 6.07) is 17.0. The van der Waals surface area contributed by atoms with Crippen molar-refractivity contribution in [1.29, 1.82) is 0 Å². The first-order chi connectivity index (χ1) is 17.3. The molecule has 36 heavy (non-hydrogen) atoms. The molecule has 0 aliphatic carbocycles. The molecule has 0 unspecified atom stereocenters. The number of phenols is 2. The number of methoxy groups -OCH3 is 2. The Labute approximate surface area is 207 Å². The van der Waals surface area contributed by atoms with E-state index in [1.165, 1.54) is 7.11 Å². The maximum absolute atomic E-state index is 13.3. The fourth-order valence-electron chi connectivity index (χ4n) is 3.45. The molecule has 10 heteroatoms. The summed E-state index contributed by atoms with van der Waals surface area (Å²) in [7, 11) is 2.37. The van der Waals surface area contributed by atoms with Crippen LogP contribution in [0.2, 0.25) is 0 Å². The minimum Gasteiger partial charge on any atom is -0.504 e. The van der Waals surface area contributed by atoms with Crippen LogP contribution in [0.4, 0.5) is 4.79 Å². The molecule has 3 aromatic rings. The summed E-state index contributed by atoms with van der Waals surface area (Å²) in [6.07, 6.45) is -0.850. The lowest BCUT2D eigenvalue weighted by molar-refractivity contribution is -0.145. The molecule has 188 valence electrons. The molecule has 0 saturated heterocycles. The van der Waals surface area contributed by atoms with Crippen molar-refractivity contribution in [2.24, 2.45) is 0 Å². The molecule has 0 bridgehead atoms. The van der Waals surface area contributed by atoms with Crippen molar-refractivity contribution in [3.05, 3.63) is 89.5 Å². The summed E-state index contributed by atoms with van der Waals surface area (Å²) >= 11 is 0. The molecule has 0 saturated carbocycles. The minimum atomic E-state index is -1.42. The van der Waals surface area contributed by atoms with Gasteiger partial charge < -0.3 is 35.1 Å². The Morgan fingerprint density at radius 1 is 0.806 bits per heavy atom. The third-order valence-electron chi connectivity index (χ3n) is 5.20. The number of carbonyl (C=O) groups excluding carboxylic acids is 3. The molecule has 2 atom stereocenters. The molecule has 10 nitrogen and oxygen atoms in total. The van der Waals surface area contributed by atoms with Crippen molar-refractivity contribution < 1.29 is 38.8 Å². The van der Waals surface area contributed by atoms with Gasteiger partial charge in [-0.1, -0.05) is 60.7 Å². The van der Waals surface area contributed by atoms with Crippen LogP contribution in [-0.2, 0) is 25.7 Å². The van der Waals surface area contributed by atoms with Crippen molar-refractivity contribution in [1.82, 2.24) is 10.6 Å². The molecule has 0 spiro atoms. The topological polar surface area (TPSA) is 143 Å². The number of hydrogen-bond donors (Lipinski definition) is 4. The molecule has 0 aromatic heterocycles. The van der Waals surface area contributed by atoms with Crippen LogP contribution in [0.1, 0.15) is 28.8 Å². The number of phenolic OH excluding ortho intramolecular Hbond substituents is 2.